The molecule has 7 heteroatoms. The average Bonchev–Trinajstić information content (AvgIpc) is 2.69. The predicted octanol–water partition coefficient (Wildman–Crippen LogP) is 3.28. The van der Waals surface area contributed by atoms with E-state index in [9.17, 15) is 9.65 Å². The molecule has 0 radical (unpaired) electrons. The molecule has 0 unspecified atom stereocenters. The van der Waals surface area contributed by atoms with Crippen LogP contribution in [0.4, 0.5) is 10.2 Å². The highest BCUT2D eigenvalue weighted by atomic mass is 19.1. The van der Waals surface area contributed by atoms with Crippen LogP contribution in [0.2, 0.25) is 0 Å². The van der Waals surface area contributed by atoms with Crippen LogP contribution in [0, 0.1) is 25.2 Å². The number of pyridine rings is 1. The first kappa shape index (κ1) is 19.1. The van der Waals surface area contributed by atoms with Crippen molar-refractivity contribution in [3.63, 3.8) is 0 Å². The fourth-order valence-corrected chi connectivity index (χ4v) is 3.71. The summed E-state index contributed by atoms with van der Waals surface area (Å²) in [5.41, 5.74) is 4.15. The fraction of sp³-hybridized carbons (Fsp3) is 0.364. The molecule has 29 heavy (non-hydrogen) atoms. The fourth-order valence-electron chi connectivity index (χ4n) is 3.71. The lowest BCUT2D eigenvalue weighted by atomic mass is 9.98. The Morgan fingerprint density at radius 3 is 2.76 bits per heavy atom. The van der Waals surface area contributed by atoms with E-state index in [4.69, 9.17) is 9.98 Å². The number of hydrogen-bond acceptors (Lipinski definition) is 5. The molecule has 0 amide bonds. The molecule has 1 atom stereocenters. The zero-order valence-corrected chi connectivity index (χ0v) is 17.0. The van der Waals surface area contributed by atoms with Crippen LogP contribution in [0.15, 0.2) is 35.5 Å². The highest BCUT2D eigenvalue weighted by molar-refractivity contribution is 5.80. The van der Waals surface area contributed by atoms with E-state index in [1.165, 1.54) is 0 Å². The third-order valence-electron chi connectivity index (χ3n) is 5.65. The van der Waals surface area contributed by atoms with Gasteiger partial charge in [-0.1, -0.05) is 12.1 Å². The molecule has 0 saturated carbocycles. The Kier molecular flexibility index (Phi) is 4.79. The lowest BCUT2D eigenvalue weighted by molar-refractivity contribution is 0.273. The Hall–Kier alpha value is -3.27. The summed E-state index contributed by atoms with van der Waals surface area (Å²) in [7, 11) is 1.95. The van der Waals surface area contributed by atoms with E-state index in [1.807, 2.05) is 61.6 Å². The largest absolute Gasteiger partial charge is 0.351 e. The van der Waals surface area contributed by atoms with Crippen molar-refractivity contribution in [2.75, 3.05) is 18.0 Å². The highest BCUT2D eigenvalue weighted by Crippen LogP contribution is 2.25. The summed E-state index contributed by atoms with van der Waals surface area (Å²) in [5, 5.41) is 10.2. The van der Waals surface area contributed by atoms with Crippen LogP contribution >= 0.6 is 0 Å². The summed E-state index contributed by atoms with van der Waals surface area (Å²) >= 11 is 0. The number of aryl methyl sites for hydroxylation is 2. The van der Waals surface area contributed by atoms with E-state index in [0.29, 0.717) is 24.1 Å². The number of anilines is 1. The second-order valence-corrected chi connectivity index (χ2v) is 7.54. The van der Waals surface area contributed by atoms with E-state index in [-0.39, 0.29) is 6.04 Å². The van der Waals surface area contributed by atoms with Gasteiger partial charge in [-0.25, -0.2) is 14.4 Å². The number of aromatic nitrogens is 3. The lowest BCUT2D eigenvalue weighted by Gasteiger charge is -2.35. The molecule has 2 aromatic heterocycles. The van der Waals surface area contributed by atoms with Gasteiger partial charge in [0.1, 0.15) is 17.8 Å². The smallest absolute Gasteiger partial charge is 0.159 e. The van der Waals surface area contributed by atoms with Crippen molar-refractivity contribution >= 4 is 16.7 Å². The number of fused-ring (bicyclic) bond motifs is 1. The molecule has 1 saturated heterocycles. The van der Waals surface area contributed by atoms with Crippen LogP contribution in [0.3, 0.4) is 0 Å². The Balaban J connectivity index is 1.87. The number of alkyl halides is 1. The first-order valence-electron chi connectivity index (χ1n) is 9.65. The Bertz CT molecular complexity index is 1200. The van der Waals surface area contributed by atoms with Gasteiger partial charge in [0.2, 0.25) is 0 Å². The molecule has 1 aromatic carbocycles. The quantitative estimate of drug-likeness (QED) is 0.688. The van der Waals surface area contributed by atoms with Crippen molar-refractivity contribution < 1.29 is 4.39 Å². The van der Waals surface area contributed by atoms with Crippen molar-refractivity contribution in [1.29, 1.82) is 5.26 Å². The van der Waals surface area contributed by atoms with Gasteiger partial charge >= 0.3 is 0 Å². The summed E-state index contributed by atoms with van der Waals surface area (Å²) in [6.07, 6.45) is 1.01. The zero-order chi connectivity index (χ0) is 20.7. The molecule has 0 aliphatic carbocycles. The van der Waals surface area contributed by atoms with E-state index < -0.39 is 6.17 Å². The van der Waals surface area contributed by atoms with Crippen LogP contribution in [-0.2, 0) is 7.05 Å². The first-order valence-corrected chi connectivity index (χ1v) is 9.65. The van der Waals surface area contributed by atoms with Crippen molar-refractivity contribution in [3.05, 3.63) is 58.5 Å². The molecule has 0 N–H and O–H groups in total. The molecule has 6 nitrogen and oxygen atoms in total. The second kappa shape index (κ2) is 7.28. The molecule has 3 aromatic rings. The van der Waals surface area contributed by atoms with Gasteiger partial charge < -0.3 is 9.47 Å². The first-order chi connectivity index (χ1) is 13.9. The summed E-state index contributed by atoms with van der Waals surface area (Å²) in [6.45, 7) is 6.62. The van der Waals surface area contributed by atoms with E-state index in [1.54, 1.807) is 6.20 Å². The van der Waals surface area contributed by atoms with Crippen LogP contribution in [0.5, 0.6) is 0 Å². The molecule has 3 heterocycles. The topological polar surface area (TPSA) is 70.1 Å². The van der Waals surface area contributed by atoms with E-state index >= 15 is 0 Å². The Morgan fingerprint density at radius 2 is 2.07 bits per heavy atom. The second-order valence-electron chi connectivity index (χ2n) is 7.54. The third kappa shape index (κ3) is 3.35. The summed E-state index contributed by atoms with van der Waals surface area (Å²) in [5.74, 6) is 1.57. The highest BCUT2D eigenvalue weighted by Gasteiger charge is 2.27. The number of nitrogens with zero attached hydrogens (tertiary/aromatic N) is 6. The SMILES string of the molecule is Cc1c(C#N)cccc1[C@@H](C)N=c1nc(C)n(C)c2cnc(N3CC(F)C3)cc12. The minimum absolute atomic E-state index is 0.165. The van der Waals surface area contributed by atoms with Gasteiger partial charge in [0.15, 0.2) is 5.49 Å². The monoisotopic (exact) mass is 390 g/mol. The van der Waals surface area contributed by atoms with E-state index in [0.717, 1.165) is 33.7 Å². The lowest BCUT2D eigenvalue weighted by Crippen LogP contribution is -2.48. The zero-order valence-electron chi connectivity index (χ0n) is 17.0. The van der Waals surface area contributed by atoms with Crippen molar-refractivity contribution in [1.82, 2.24) is 14.5 Å². The van der Waals surface area contributed by atoms with Crippen molar-refractivity contribution in [2.45, 2.75) is 33.0 Å². The standard InChI is InChI=1S/C22H23FN6/c1-13-16(9-24)6-5-7-18(13)14(2)26-22-19-8-21(29-11-17(23)12-29)25-10-20(19)28(4)15(3)27-22/h5-8,10,14,17H,11-12H2,1-4H3/t14-/m1/s1. The van der Waals surface area contributed by atoms with Crippen LogP contribution in [0.1, 0.15) is 35.5 Å². The van der Waals surface area contributed by atoms with Gasteiger partial charge in [0.05, 0.1) is 42.5 Å². The van der Waals surface area contributed by atoms with Crippen molar-refractivity contribution in [3.8, 4) is 6.07 Å². The number of hydrogen-bond donors (Lipinski definition) is 0. The van der Waals surface area contributed by atoms with Gasteiger partial charge in [0, 0.05) is 12.4 Å². The van der Waals surface area contributed by atoms with Crippen molar-refractivity contribution in [2.24, 2.45) is 12.0 Å². The Morgan fingerprint density at radius 1 is 1.31 bits per heavy atom. The van der Waals surface area contributed by atoms with E-state index in [2.05, 4.69) is 11.1 Å². The molecular formula is C22H23FN6. The molecule has 1 aliphatic heterocycles. The maximum atomic E-state index is 13.3. The maximum Gasteiger partial charge on any atom is 0.159 e. The van der Waals surface area contributed by atoms with Crippen LogP contribution in [-0.4, -0.2) is 33.8 Å². The normalized spacial score (nSPS) is 16.0. The number of benzene rings is 1. The minimum atomic E-state index is -0.792. The van der Waals surface area contributed by atoms with Gasteiger partial charge in [-0.3, -0.25) is 4.99 Å². The van der Waals surface area contributed by atoms with Gasteiger partial charge in [-0.2, -0.15) is 5.26 Å². The number of rotatable bonds is 3. The molecule has 0 spiro atoms. The molecule has 148 valence electrons. The summed E-state index contributed by atoms with van der Waals surface area (Å²) < 4.78 is 15.3. The maximum absolute atomic E-state index is 13.3. The summed E-state index contributed by atoms with van der Waals surface area (Å²) in [6, 6.07) is 9.70. The molecule has 1 aliphatic rings. The summed E-state index contributed by atoms with van der Waals surface area (Å²) in [4.78, 5) is 16.0. The van der Waals surface area contributed by atoms with Gasteiger partial charge in [-0.05, 0) is 44.0 Å². The minimum Gasteiger partial charge on any atom is -0.351 e. The molecular weight excluding hydrogens is 367 g/mol. The predicted molar refractivity (Wildman–Crippen MR) is 110 cm³/mol. The molecule has 4 rings (SSSR count). The van der Waals surface area contributed by atoms with Gasteiger partial charge in [0.25, 0.3) is 0 Å². The molecule has 1 fully saturated rings. The third-order valence-corrected chi connectivity index (χ3v) is 5.65. The van der Waals surface area contributed by atoms with Gasteiger partial charge in [-0.15, -0.1) is 0 Å². The van der Waals surface area contributed by atoms with Crippen LogP contribution < -0.4 is 10.4 Å². The number of nitriles is 1. The molecule has 0 bridgehead atoms. The van der Waals surface area contributed by atoms with Crippen LogP contribution in [0.25, 0.3) is 10.9 Å². The average molecular weight is 390 g/mol. The Labute approximate surface area is 169 Å². The number of halogens is 1.